The summed E-state index contributed by atoms with van der Waals surface area (Å²) in [6, 6.07) is 23.4. The van der Waals surface area contributed by atoms with Gasteiger partial charge in [0.15, 0.2) is 0 Å². The van der Waals surface area contributed by atoms with Gasteiger partial charge < -0.3 is 10.6 Å². The van der Waals surface area contributed by atoms with Gasteiger partial charge >= 0.3 is 0 Å². The number of nitrogens with one attached hydrogen (secondary N) is 2. The van der Waals surface area contributed by atoms with Crippen LogP contribution in [0.15, 0.2) is 88.7 Å². The van der Waals surface area contributed by atoms with E-state index in [1.54, 1.807) is 23.9 Å². The number of anilines is 2. The third-order valence-electron chi connectivity index (χ3n) is 5.93. The van der Waals surface area contributed by atoms with Gasteiger partial charge in [0.05, 0.1) is 18.3 Å². The maximum atomic E-state index is 13.3. The van der Waals surface area contributed by atoms with Crippen LogP contribution in [0.1, 0.15) is 6.92 Å². The molecule has 0 saturated carbocycles. The highest BCUT2D eigenvalue weighted by Gasteiger charge is 2.26. The molecule has 1 heterocycles. The van der Waals surface area contributed by atoms with Crippen LogP contribution in [0.4, 0.5) is 15.8 Å². The number of para-hydroxylation sites is 1. The number of hydrogen-bond donors (Lipinski definition) is 2. The Labute approximate surface area is 209 Å². The lowest BCUT2D eigenvalue weighted by atomic mass is 10.2. The number of carbonyl (C=O) groups excluding carboxylic acids is 2. The van der Waals surface area contributed by atoms with Crippen LogP contribution in [0.3, 0.4) is 0 Å². The molecule has 6 nitrogen and oxygen atoms in total. The lowest BCUT2D eigenvalue weighted by molar-refractivity contribution is -0.122. The Morgan fingerprint density at radius 2 is 1.63 bits per heavy atom. The minimum atomic E-state index is -0.384. The van der Waals surface area contributed by atoms with E-state index in [4.69, 9.17) is 0 Å². The second-order valence-corrected chi connectivity index (χ2v) is 9.56. The Bertz CT molecular complexity index is 1150. The molecule has 35 heavy (non-hydrogen) atoms. The third kappa shape index (κ3) is 7.14. The average molecular weight is 493 g/mol. The van der Waals surface area contributed by atoms with E-state index in [2.05, 4.69) is 15.5 Å². The number of halogens is 1. The van der Waals surface area contributed by atoms with Crippen molar-refractivity contribution in [3.63, 3.8) is 0 Å². The predicted octanol–water partition coefficient (Wildman–Crippen LogP) is 4.56. The fourth-order valence-electron chi connectivity index (χ4n) is 3.96. The maximum absolute atomic E-state index is 13.3. The van der Waals surface area contributed by atoms with Crippen molar-refractivity contribution in [3.05, 3.63) is 84.7 Å². The summed E-state index contributed by atoms with van der Waals surface area (Å²) < 4.78 is 13.3. The van der Waals surface area contributed by atoms with Crippen LogP contribution >= 0.6 is 11.8 Å². The van der Waals surface area contributed by atoms with Crippen molar-refractivity contribution in [3.8, 4) is 0 Å². The van der Waals surface area contributed by atoms with Crippen molar-refractivity contribution in [2.75, 3.05) is 43.4 Å². The summed E-state index contributed by atoms with van der Waals surface area (Å²) in [5, 5.41) is 5.83. The van der Waals surface area contributed by atoms with Gasteiger partial charge in [-0.05, 0) is 49.4 Å². The number of rotatable bonds is 8. The van der Waals surface area contributed by atoms with Crippen LogP contribution < -0.4 is 10.6 Å². The monoisotopic (exact) mass is 492 g/mol. The molecule has 2 amide bonds. The summed E-state index contributed by atoms with van der Waals surface area (Å²) in [7, 11) is 0. The summed E-state index contributed by atoms with van der Waals surface area (Å²) in [6.07, 6.45) is 0. The lowest BCUT2D eigenvalue weighted by Crippen LogP contribution is -2.53. The van der Waals surface area contributed by atoms with E-state index in [0.29, 0.717) is 31.9 Å². The summed E-state index contributed by atoms with van der Waals surface area (Å²) in [5.74, 6) is -0.615. The van der Waals surface area contributed by atoms with E-state index in [0.717, 1.165) is 15.5 Å². The predicted molar refractivity (Wildman–Crippen MR) is 138 cm³/mol. The molecule has 0 unspecified atom stereocenters. The van der Waals surface area contributed by atoms with Gasteiger partial charge in [0.25, 0.3) is 0 Å². The summed E-state index contributed by atoms with van der Waals surface area (Å²) in [4.78, 5) is 31.6. The van der Waals surface area contributed by atoms with E-state index in [9.17, 15) is 14.0 Å². The average Bonchev–Trinajstić information content (AvgIpc) is 2.86. The van der Waals surface area contributed by atoms with Crippen molar-refractivity contribution >= 4 is 35.0 Å². The SMILES string of the molecule is C[C@H](C(=O)Nc1ccccc1Sc1ccccc1)N1CCN(CC(=O)Nc2cccc(F)c2)CC1. The minimum Gasteiger partial charge on any atom is -0.325 e. The number of carbonyl (C=O) groups is 2. The molecule has 2 N–H and O–H groups in total. The van der Waals surface area contributed by atoms with Gasteiger partial charge in [-0.1, -0.05) is 48.2 Å². The van der Waals surface area contributed by atoms with Crippen LogP contribution in [0.25, 0.3) is 0 Å². The normalized spacial score (nSPS) is 15.4. The van der Waals surface area contributed by atoms with E-state index >= 15 is 0 Å². The van der Waals surface area contributed by atoms with Crippen molar-refractivity contribution < 1.29 is 14.0 Å². The Morgan fingerprint density at radius 3 is 2.37 bits per heavy atom. The highest BCUT2D eigenvalue weighted by Crippen LogP contribution is 2.33. The van der Waals surface area contributed by atoms with E-state index < -0.39 is 0 Å². The van der Waals surface area contributed by atoms with E-state index in [-0.39, 0.29) is 30.2 Å². The van der Waals surface area contributed by atoms with Crippen molar-refractivity contribution in [2.45, 2.75) is 22.8 Å². The van der Waals surface area contributed by atoms with E-state index in [1.165, 1.54) is 12.1 Å². The summed E-state index contributed by atoms with van der Waals surface area (Å²) in [5.41, 5.74) is 1.25. The number of amides is 2. The van der Waals surface area contributed by atoms with Crippen LogP contribution in [0.2, 0.25) is 0 Å². The number of piperazine rings is 1. The molecular formula is C27H29FN4O2S. The number of hydrogen-bond acceptors (Lipinski definition) is 5. The molecule has 0 bridgehead atoms. The molecule has 4 rings (SSSR count). The van der Waals surface area contributed by atoms with E-state index in [1.807, 2.05) is 66.4 Å². The molecule has 0 aromatic heterocycles. The topological polar surface area (TPSA) is 64.7 Å². The summed E-state index contributed by atoms with van der Waals surface area (Å²) >= 11 is 1.62. The number of nitrogens with zero attached hydrogens (tertiary/aromatic N) is 2. The zero-order valence-corrected chi connectivity index (χ0v) is 20.4. The molecular weight excluding hydrogens is 463 g/mol. The summed E-state index contributed by atoms with van der Waals surface area (Å²) in [6.45, 7) is 4.86. The second-order valence-electron chi connectivity index (χ2n) is 8.45. The van der Waals surface area contributed by atoms with Gasteiger partial charge in [-0.25, -0.2) is 4.39 Å². The largest absolute Gasteiger partial charge is 0.325 e. The van der Waals surface area contributed by atoms with Gasteiger partial charge in [0.2, 0.25) is 11.8 Å². The highest BCUT2D eigenvalue weighted by atomic mass is 32.2. The Hall–Kier alpha value is -3.20. The second kappa shape index (κ2) is 12.0. The zero-order chi connectivity index (χ0) is 24.6. The number of benzene rings is 3. The van der Waals surface area contributed by atoms with Gasteiger partial charge in [-0.15, -0.1) is 0 Å². The molecule has 1 atom stereocenters. The lowest BCUT2D eigenvalue weighted by Gasteiger charge is -2.37. The molecule has 0 radical (unpaired) electrons. The van der Waals surface area contributed by atoms with Crippen LogP contribution in [0, 0.1) is 5.82 Å². The van der Waals surface area contributed by atoms with Crippen LogP contribution in [0.5, 0.6) is 0 Å². The van der Waals surface area contributed by atoms with Crippen molar-refractivity contribution in [2.24, 2.45) is 0 Å². The van der Waals surface area contributed by atoms with Crippen LogP contribution in [-0.4, -0.2) is 60.4 Å². The maximum Gasteiger partial charge on any atom is 0.241 e. The first-order chi connectivity index (χ1) is 17.0. The molecule has 1 fully saturated rings. The van der Waals surface area contributed by atoms with Gasteiger partial charge in [-0.2, -0.15) is 0 Å². The molecule has 1 aliphatic rings. The van der Waals surface area contributed by atoms with Crippen molar-refractivity contribution in [1.29, 1.82) is 0 Å². The molecule has 8 heteroatoms. The molecule has 1 aliphatic heterocycles. The minimum absolute atomic E-state index is 0.0524. The molecule has 182 valence electrons. The fraction of sp³-hybridized carbons (Fsp3) is 0.259. The molecule has 0 aliphatic carbocycles. The van der Waals surface area contributed by atoms with Gasteiger partial charge in [-0.3, -0.25) is 19.4 Å². The Balaban J connectivity index is 1.27. The standard InChI is InChI=1S/C27H29FN4O2S/c1-20(27(34)30-24-12-5-6-13-25(24)35-23-10-3-2-4-11-23)32-16-14-31(15-17-32)19-26(33)29-22-9-7-8-21(28)18-22/h2-13,18,20H,14-17,19H2,1H3,(H,29,33)(H,30,34)/t20-/m1/s1. The Morgan fingerprint density at radius 1 is 0.914 bits per heavy atom. The molecule has 1 saturated heterocycles. The first-order valence-electron chi connectivity index (χ1n) is 11.6. The van der Waals surface area contributed by atoms with Gasteiger partial charge in [0.1, 0.15) is 5.82 Å². The molecule has 3 aromatic rings. The quantitative estimate of drug-likeness (QED) is 0.483. The highest BCUT2D eigenvalue weighted by molar-refractivity contribution is 7.99. The first-order valence-corrected chi connectivity index (χ1v) is 12.4. The molecule has 3 aromatic carbocycles. The third-order valence-corrected chi connectivity index (χ3v) is 7.01. The van der Waals surface area contributed by atoms with Gasteiger partial charge in [0, 0.05) is 41.7 Å². The zero-order valence-electron chi connectivity index (χ0n) is 19.6. The Kier molecular flexibility index (Phi) is 8.52. The van der Waals surface area contributed by atoms with Crippen molar-refractivity contribution in [1.82, 2.24) is 9.80 Å². The fourth-order valence-corrected chi connectivity index (χ4v) is 4.88. The molecule has 0 spiro atoms. The first kappa shape index (κ1) is 24.9. The van der Waals surface area contributed by atoms with Crippen LogP contribution in [-0.2, 0) is 9.59 Å². The smallest absolute Gasteiger partial charge is 0.241 e.